The van der Waals surface area contributed by atoms with Crippen molar-refractivity contribution >= 4 is 21.3 Å². The zero-order valence-electron chi connectivity index (χ0n) is 7.95. The predicted molar refractivity (Wildman–Crippen MR) is 63.7 cm³/mol. The fraction of sp³-hybridized carbons (Fsp3) is 0.0909. The maximum Gasteiger partial charge on any atom is 0.0957 e. The number of benzene rings is 1. The van der Waals surface area contributed by atoms with Crippen molar-refractivity contribution in [1.29, 1.82) is 0 Å². The minimum absolute atomic E-state index is 0.862. The normalized spacial score (nSPS) is 10.1. The third-order valence-electron chi connectivity index (χ3n) is 2.09. The molecule has 0 fully saturated rings. The van der Waals surface area contributed by atoms with E-state index in [0.717, 1.165) is 15.6 Å². The average molecular weight is 204 g/mol. The van der Waals surface area contributed by atoms with Crippen molar-refractivity contribution in [2.24, 2.45) is 0 Å². The van der Waals surface area contributed by atoms with Gasteiger partial charge in [0.1, 0.15) is 0 Å². The first-order chi connectivity index (χ1) is 6.81. The number of hydrogen-bond acceptors (Lipinski definition) is 3. The first-order valence-corrected chi connectivity index (χ1v) is 5.25. The van der Waals surface area contributed by atoms with E-state index in [9.17, 15) is 0 Å². The molecule has 0 amide bonds. The molecule has 0 unspecified atom stereocenters. The van der Waals surface area contributed by atoms with E-state index in [2.05, 4.69) is 23.5 Å². The van der Waals surface area contributed by atoms with Crippen LogP contribution in [0.15, 0.2) is 36.4 Å². The molecule has 0 bridgehead atoms. The highest BCUT2D eigenvalue weighted by molar-refractivity contribution is 7.20. The summed E-state index contributed by atoms with van der Waals surface area (Å²) in [5.41, 5.74) is 8.21. The first-order valence-electron chi connectivity index (χ1n) is 4.43. The smallest absolute Gasteiger partial charge is 0.0957 e. The molecule has 3 N–H and O–H groups in total. The quantitative estimate of drug-likeness (QED) is 0.789. The van der Waals surface area contributed by atoms with Crippen LogP contribution >= 0.6 is 11.3 Å². The largest absolute Gasteiger partial charge is 0.390 e. The standard InChI is InChI=1S/C11H12N2S/c1-13-10-7-9(11(12)14-10)8-5-3-2-4-6-8/h2-7,13H,12H2,1H3. The van der Waals surface area contributed by atoms with E-state index < -0.39 is 0 Å². The van der Waals surface area contributed by atoms with Crippen LogP contribution in [0.3, 0.4) is 0 Å². The molecule has 2 rings (SSSR count). The monoisotopic (exact) mass is 204 g/mol. The van der Waals surface area contributed by atoms with Crippen molar-refractivity contribution in [3.05, 3.63) is 36.4 Å². The van der Waals surface area contributed by atoms with Crippen LogP contribution in [-0.2, 0) is 0 Å². The first kappa shape index (κ1) is 9.09. The van der Waals surface area contributed by atoms with Gasteiger partial charge in [0.2, 0.25) is 0 Å². The number of nitrogens with one attached hydrogen (secondary N) is 1. The zero-order chi connectivity index (χ0) is 9.97. The Hall–Kier alpha value is -1.48. The summed E-state index contributed by atoms with van der Waals surface area (Å²) in [5, 5.41) is 5.06. The fourth-order valence-electron chi connectivity index (χ4n) is 1.37. The van der Waals surface area contributed by atoms with Crippen LogP contribution in [0.2, 0.25) is 0 Å². The SMILES string of the molecule is CNc1cc(-c2ccccc2)c(N)s1. The fourth-order valence-corrected chi connectivity index (χ4v) is 2.17. The van der Waals surface area contributed by atoms with Crippen molar-refractivity contribution in [2.75, 3.05) is 18.1 Å². The second-order valence-corrected chi connectivity index (χ2v) is 4.09. The van der Waals surface area contributed by atoms with Gasteiger partial charge in [-0.1, -0.05) is 30.3 Å². The summed E-state index contributed by atoms with van der Waals surface area (Å²) in [6, 6.07) is 12.3. The van der Waals surface area contributed by atoms with Gasteiger partial charge in [-0.2, -0.15) is 0 Å². The molecule has 3 heteroatoms. The lowest BCUT2D eigenvalue weighted by Crippen LogP contribution is -1.82. The Morgan fingerprint density at radius 3 is 2.50 bits per heavy atom. The van der Waals surface area contributed by atoms with Crippen LogP contribution in [0, 0.1) is 0 Å². The van der Waals surface area contributed by atoms with Crippen molar-refractivity contribution in [1.82, 2.24) is 0 Å². The van der Waals surface area contributed by atoms with Gasteiger partial charge in [0.25, 0.3) is 0 Å². The van der Waals surface area contributed by atoms with Crippen LogP contribution in [0.4, 0.5) is 10.0 Å². The highest BCUT2D eigenvalue weighted by atomic mass is 32.1. The van der Waals surface area contributed by atoms with Crippen molar-refractivity contribution in [3.63, 3.8) is 0 Å². The Morgan fingerprint density at radius 2 is 1.93 bits per heavy atom. The van der Waals surface area contributed by atoms with Gasteiger partial charge >= 0.3 is 0 Å². The molecular formula is C11H12N2S. The van der Waals surface area contributed by atoms with E-state index in [1.54, 1.807) is 11.3 Å². The van der Waals surface area contributed by atoms with Gasteiger partial charge in [0, 0.05) is 12.6 Å². The van der Waals surface area contributed by atoms with E-state index in [1.807, 2.05) is 25.2 Å². The summed E-state index contributed by atoms with van der Waals surface area (Å²) in [7, 11) is 1.90. The van der Waals surface area contributed by atoms with Gasteiger partial charge in [0.05, 0.1) is 10.0 Å². The topological polar surface area (TPSA) is 38.0 Å². The Morgan fingerprint density at radius 1 is 1.21 bits per heavy atom. The Labute approximate surface area is 87.4 Å². The van der Waals surface area contributed by atoms with Gasteiger partial charge in [-0.15, -0.1) is 11.3 Å². The third kappa shape index (κ3) is 1.59. The molecule has 0 aliphatic carbocycles. The molecule has 1 heterocycles. The molecule has 1 aromatic carbocycles. The van der Waals surface area contributed by atoms with Crippen LogP contribution in [0.5, 0.6) is 0 Å². The van der Waals surface area contributed by atoms with Crippen LogP contribution < -0.4 is 11.1 Å². The third-order valence-corrected chi connectivity index (χ3v) is 3.07. The lowest BCUT2D eigenvalue weighted by molar-refractivity contribution is 1.59. The molecular weight excluding hydrogens is 192 g/mol. The number of rotatable bonds is 2. The highest BCUT2D eigenvalue weighted by Gasteiger charge is 2.06. The van der Waals surface area contributed by atoms with Crippen molar-refractivity contribution in [2.45, 2.75) is 0 Å². The van der Waals surface area contributed by atoms with Crippen molar-refractivity contribution < 1.29 is 0 Å². The maximum atomic E-state index is 5.93. The number of nitrogen functional groups attached to an aromatic ring is 1. The number of thiophene rings is 1. The molecule has 0 aliphatic rings. The second-order valence-electron chi connectivity index (χ2n) is 3.00. The average Bonchev–Trinajstić information content (AvgIpc) is 2.61. The van der Waals surface area contributed by atoms with E-state index in [1.165, 1.54) is 5.56 Å². The molecule has 1 aromatic heterocycles. The zero-order valence-corrected chi connectivity index (χ0v) is 8.77. The molecule has 0 saturated carbocycles. The molecule has 0 aliphatic heterocycles. The molecule has 72 valence electrons. The minimum Gasteiger partial charge on any atom is -0.390 e. The van der Waals surface area contributed by atoms with E-state index in [4.69, 9.17) is 5.73 Å². The van der Waals surface area contributed by atoms with E-state index in [-0.39, 0.29) is 0 Å². The molecule has 14 heavy (non-hydrogen) atoms. The summed E-state index contributed by atoms with van der Waals surface area (Å²) < 4.78 is 0. The summed E-state index contributed by atoms with van der Waals surface area (Å²) in [6.07, 6.45) is 0. The van der Waals surface area contributed by atoms with Crippen LogP contribution in [0.1, 0.15) is 0 Å². The van der Waals surface area contributed by atoms with Crippen LogP contribution in [-0.4, -0.2) is 7.05 Å². The van der Waals surface area contributed by atoms with Gasteiger partial charge < -0.3 is 11.1 Å². The van der Waals surface area contributed by atoms with Gasteiger partial charge in [-0.25, -0.2) is 0 Å². The lowest BCUT2D eigenvalue weighted by Gasteiger charge is -1.97. The molecule has 0 atom stereocenters. The van der Waals surface area contributed by atoms with Gasteiger partial charge in [-0.3, -0.25) is 0 Å². The van der Waals surface area contributed by atoms with Gasteiger partial charge in [0.15, 0.2) is 0 Å². The lowest BCUT2D eigenvalue weighted by atomic mass is 10.1. The summed E-state index contributed by atoms with van der Waals surface area (Å²) in [6.45, 7) is 0. The number of nitrogens with two attached hydrogens (primary N) is 1. The summed E-state index contributed by atoms with van der Waals surface area (Å²) in [4.78, 5) is 0. The second kappa shape index (κ2) is 3.72. The summed E-state index contributed by atoms with van der Waals surface area (Å²) in [5.74, 6) is 0. The predicted octanol–water partition coefficient (Wildman–Crippen LogP) is 3.04. The summed E-state index contributed by atoms with van der Waals surface area (Å²) >= 11 is 1.58. The molecule has 0 radical (unpaired) electrons. The Bertz CT molecular complexity index is 420. The molecule has 0 spiro atoms. The molecule has 0 saturated heterocycles. The minimum atomic E-state index is 0.862. The van der Waals surface area contributed by atoms with Crippen LogP contribution in [0.25, 0.3) is 11.1 Å². The Balaban J connectivity index is 2.46. The van der Waals surface area contributed by atoms with E-state index in [0.29, 0.717) is 0 Å². The molecule has 2 aromatic rings. The highest BCUT2D eigenvalue weighted by Crippen LogP contribution is 2.36. The molecule has 2 nitrogen and oxygen atoms in total. The van der Waals surface area contributed by atoms with Gasteiger partial charge in [-0.05, 0) is 11.6 Å². The van der Waals surface area contributed by atoms with E-state index >= 15 is 0 Å². The van der Waals surface area contributed by atoms with Crippen molar-refractivity contribution in [3.8, 4) is 11.1 Å². The number of hydrogen-bond donors (Lipinski definition) is 2. The Kier molecular flexibility index (Phi) is 2.41. The number of anilines is 2. The maximum absolute atomic E-state index is 5.93.